The molecule has 0 fully saturated rings. The Balaban J connectivity index is -0.00000000500. The maximum absolute atomic E-state index is 7.81. The second kappa shape index (κ2) is 16.8. The van der Waals surface area contributed by atoms with Crippen LogP contribution < -0.4 is 0 Å². The van der Waals surface area contributed by atoms with Gasteiger partial charge >= 0.3 is 65.3 Å². The molecule has 0 spiro atoms. The van der Waals surface area contributed by atoms with Gasteiger partial charge in [-0.1, -0.05) is 0 Å². The van der Waals surface area contributed by atoms with E-state index in [0.29, 0.717) is 0 Å². The molecule has 0 bridgehead atoms. The predicted octanol–water partition coefficient (Wildman–Crippen LogP) is -1.04. The number of hydrogen-bond acceptors (Lipinski definition) is 1. The van der Waals surface area contributed by atoms with Crippen LogP contribution in [-0.4, -0.2) is 45.5 Å². The Morgan fingerprint density at radius 2 is 1.25 bits per heavy atom. The fourth-order valence-electron chi connectivity index (χ4n) is 0. The second-order valence-electron chi connectivity index (χ2n) is 0. The smallest absolute Gasteiger partial charge is 0 e. The number of hydrogen-bond donors (Lipinski definition) is 0. The van der Waals surface area contributed by atoms with Crippen LogP contribution in [0.25, 0.3) is 0 Å². The normalized spacial score (nSPS) is 1.50. The third-order valence-corrected chi connectivity index (χ3v) is 0. The largest absolute Gasteiger partial charge is 0 e. The van der Waals surface area contributed by atoms with Gasteiger partial charge in [0.1, 0.15) is 0 Å². The summed E-state index contributed by atoms with van der Waals surface area (Å²) in [5, 5.41) is 0. The minimum absolute atomic E-state index is 0. The van der Waals surface area contributed by atoms with Gasteiger partial charge in [-0.2, -0.15) is 0 Å². The molecule has 1 nitrogen and oxygen atoms in total. The minimum atomic E-state index is 0. The summed E-state index contributed by atoms with van der Waals surface area (Å²) in [4.78, 5) is 0. The summed E-state index contributed by atoms with van der Waals surface area (Å²) < 4.78 is 7.81. The maximum atomic E-state index is 7.81. The average molecular weight is 258 g/mol. The molecular weight excluding hydrogens is 256 g/mol. The molecule has 0 aromatic carbocycles. The maximum Gasteiger partial charge on any atom is 0 e. The van der Waals surface area contributed by atoms with Crippen molar-refractivity contribution in [3.8, 4) is 0 Å². The Hall–Kier alpha value is 2.90. The topological polar surface area (TPSA) is 17.1 Å². The molecule has 24 valence electrons. The molecule has 0 aliphatic heterocycles. The first kappa shape index (κ1) is 15.8. The van der Waals surface area contributed by atoms with E-state index in [1.54, 1.807) is 0 Å². The van der Waals surface area contributed by atoms with Crippen LogP contribution in [0, 0.1) is 0 Å². The summed E-state index contributed by atoms with van der Waals surface area (Å²) in [5.74, 6) is 0. The SMILES string of the molecule is [O]=[Cu].[SrH2].[Y]. The molecule has 0 aromatic heterocycles. The Labute approximate surface area is 95.5 Å². The van der Waals surface area contributed by atoms with Gasteiger partial charge in [0.05, 0.1) is 0 Å². The summed E-state index contributed by atoms with van der Waals surface area (Å²) in [7, 11) is 0. The van der Waals surface area contributed by atoms with E-state index in [0.717, 1.165) is 0 Å². The Bertz CT molecular complexity index is 8.00. The molecule has 1 radical (unpaired) electrons. The van der Waals surface area contributed by atoms with E-state index >= 15 is 0 Å². The van der Waals surface area contributed by atoms with Crippen molar-refractivity contribution in [1.82, 2.24) is 0 Å². The van der Waals surface area contributed by atoms with E-state index in [1.807, 2.05) is 0 Å². The molecular formula is H2CuOSrY. The monoisotopic (exact) mass is 258 g/mol. The van der Waals surface area contributed by atoms with Crippen molar-refractivity contribution in [3.63, 3.8) is 0 Å². The molecule has 0 amide bonds. The van der Waals surface area contributed by atoms with Crippen LogP contribution in [0.2, 0.25) is 0 Å². The fraction of sp³-hybridized carbons (Fsp3) is 0. The first-order chi connectivity index (χ1) is 1.00. The Kier molecular flexibility index (Phi) is 66.5. The van der Waals surface area contributed by atoms with E-state index in [9.17, 15) is 0 Å². The molecule has 0 heterocycles. The van der Waals surface area contributed by atoms with Crippen molar-refractivity contribution in [3.05, 3.63) is 0 Å². The van der Waals surface area contributed by atoms with Crippen molar-refractivity contribution in [2.75, 3.05) is 0 Å². The molecule has 0 saturated heterocycles. The van der Waals surface area contributed by atoms with Crippen molar-refractivity contribution in [1.29, 1.82) is 0 Å². The van der Waals surface area contributed by atoms with E-state index in [-0.39, 0.29) is 78.2 Å². The van der Waals surface area contributed by atoms with Gasteiger partial charge in [0.2, 0.25) is 0 Å². The van der Waals surface area contributed by atoms with Gasteiger partial charge in [0.25, 0.3) is 0 Å². The molecule has 0 unspecified atom stereocenters. The average Bonchev–Trinajstić information content (AvgIpc) is 1.00. The summed E-state index contributed by atoms with van der Waals surface area (Å²) in [6.07, 6.45) is 0. The van der Waals surface area contributed by atoms with Crippen molar-refractivity contribution in [2.24, 2.45) is 0 Å². The zero-order valence-corrected chi connectivity index (χ0v) is 5.07. The van der Waals surface area contributed by atoms with Gasteiger partial charge in [-0.3, -0.25) is 0 Å². The molecule has 0 N–H and O–H groups in total. The Morgan fingerprint density at radius 1 is 1.25 bits per heavy atom. The van der Waals surface area contributed by atoms with Crippen LogP contribution in [0.5, 0.6) is 0 Å². The van der Waals surface area contributed by atoms with Crippen LogP contribution >= 0.6 is 0 Å². The standard InChI is InChI=1S/Cu.O.Sr.Y.2H. The van der Waals surface area contributed by atoms with E-state index < -0.39 is 0 Å². The van der Waals surface area contributed by atoms with Crippen LogP contribution in [0.15, 0.2) is 0 Å². The van der Waals surface area contributed by atoms with Gasteiger partial charge in [0, 0.05) is 32.7 Å². The van der Waals surface area contributed by atoms with E-state index in [2.05, 4.69) is 15.9 Å². The molecule has 0 aliphatic carbocycles. The van der Waals surface area contributed by atoms with Gasteiger partial charge in [-0.05, 0) is 0 Å². The summed E-state index contributed by atoms with van der Waals surface area (Å²) in [5.41, 5.74) is 0. The van der Waals surface area contributed by atoms with Crippen LogP contribution in [0.4, 0.5) is 0 Å². The van der Waals surface area contributed by atoms with Gasteiger partial charge < -0.3 is 0 Å². The number of rotatable bonds is 0. The third-order valence-electron chi connectivity index (χ3n) is 0. The van der Waals surface area contributed by atoms with Gasteiger partial charge in [0.15, 0.2) is 0 Å². The zero-order valence-electron chi connectivity index (χ0n) is 1.29. The quantitative estimate of drug-likeness (QED) is 0.507. The van der Waals surface area contributed by atoms with Crippen molar-refractivity contribution < 1.29 is 52.5 Å². The first-order valence-corrected chi connectivity index (χ1v) is 0.508. The van der Waals surface area contributed by atoms with Crippen LogP contribution in [0.3, 0.4) is 0 Å². The first-order valence-electron chi connectivity index (χ1n) is 0.123. The van der Waals surface area contributed by atoms with Gasteiger partial charge in [-0.25, -0.2) is 0 Å². The summed E-state index contributed by atoms with van der Waals surface area (Å²) in [6.45, 7) is 0. The minimum Gasteiger partial charge on any atom is 0 e. The van der Waals surface area contributed by atoms with Crippen molar-refractivity contribution in [2.45, 2.75) is 0 Å². The second-order valence-corrected chi connectivity index (χ2v) is 0. The third kappa shape index (κ3) is 8.86. The molecule has 0 aromatic rings. The zero-order chi connectivity index (χ0) is 2.00. The molecule has 4 heavy (non-hydrogen) atoms. The fourth-order valence-corrected chi connectivity index (χ4v) is 0. The molecule has 0 aliphatic rings. The van der Waals surface area contributed by atoms with Gasteiger partial charge in [-0.15, -0.1) is 0 Å². The summed E-state index contributed by atoms with van der Waals surface area (Å²) in [6, 6.07) is 0. The summed E-state index contributed by atoms with van der Waals surface area (Å²) >= 11 is 2.94. The molecule has 4 heteroatoms. The molecule has 0 rings (SSSR count). The van der Waals surface area contributed by atoms with Crippen molar-refractivity contribution >= 4 is 45.5 Å². The molecule has 0 saturated carbocycles. The van der Waals surface area contributed by atoms with E-state index in [1.165, 1.54) is 0 Å². The molecule has 0 atom stereocenters. The van der Waals surface area contributed by atoms with Crippen LogP contribution in [0.1, 0.15) is 0 Å². The van der Waals surface area contributed by atoms with Crippen LogP contribution in [-0.2, 0) is 52.5 Å². The Morgan fingerprint density at radius 3 is 1.25 bits per heavy atom. The van der Waals surface area contributed by atoms with E-state index in [4.69, 9.17) is 3.83 Å². The predicted molar refractivity (Wildman–Crippen MR) is 9.23 cm³/mol.